The van der Waals surface area contributed by atoms with Crippen molar-refractivity contribution >= 4 is 29.4 Å². The average molecular weight is 404 g/mol. The number of thioether (sulfide) groups is 2. The van der Waals surface area contributed by atoms with Crippen LogP contribution in [0.15, 0.2) is 33.0 Å². The summed E-state index contributed by atoms with van der Waals surface area (Å²) in [5.74, 6) is 0.213. The lowest BCUT2D eigenvalue weighted by Crippen LogP contribution is -2.27. The minimum Gasteiger partial charge on any atom is -0.355 e. The first-order chi connectivity index (χ1) is 12.9. The van der Waals surface area contributed by atoms with Gasteiger partial charge >= 0.3 is 0 Å². The van der Waals surface area contributed by atoms with Crippen LogP contribution in [0.2, 0.25) is 0 Å². The van der Waals surface area contributed by atoms with Crippen LogP contribution in [0, 0.1) is 13.8 Å². The first kappa shape index (κ1) is 20.0. The Bertz CT molecular complexity index is 904. The second kappa shape index (κ2) is 8.52. The molecule has 0 fully saturated rings. The van der Waals surface area contributed by atoms with E-state index in [0.29, 0.717) is 17.0 Å². The average Bonchev–Trinajstić information content (AvgIpc) is 2.98. The number of hydrogen-bond donors (Lipinski definition) is 1. The lowest BCUT2D eigenvalue weighted by molar-refractivity contribution is -0.118. The molecule has 2 aromatic rings. The quantitative estimate of drug-likeness (QED) is 0.591. The molecule has 5 nitrogen and oxygen atoms in total. The van der Waals surface area contributed by atoms with Gasteiger partial charge in [-0.15, -0.1) is 11.8 Å². The van der Waals surface area contributed by atoms with E-state index >= 15 is 0 Å². The van der Waals surface area contributed by atoms with Crippen LogP contribution >= 0.6 is 23.5 Å². The van der Waals surface area contributed by atoms with Crippen LogP contribution in [0.4, 0.5) is 0 Å². The highest BCUT2D eigenvalue weighted by Gasteiger charge is 2.27. The number of rotatable bonds is 6. The molecule has 1 amide bonds. The molecule has 27 heavy (non-hydrogen) atoms. The molecular weight excluding hydrogens is 378 g/mol. The maximum absolute atomic E-state index is 13.3. The summed E-state index contributed by atoms with van der Waals surface area (Å²) in [4.78, 5) is 30.8. The number of benzene rings is 1. The number of nitrogens with one attached hydrogen (secondary N) is 1. The molecule has 1 aromatic heterocycles. The summed E-state index contributed by atoms with van der Waals surface area (Å²) >= 11 is 2.92. The topological polar surface area (TPSA) is 64.0 Å². The summed E-state index contributed by atoms with van der Waals surface area (Å²) in [6.45, 7) is 8.83. The first-order valence-electron chi connectivity index (χ1n) is 9.19. The fraction of sp³-hybridized carbons (Fsp3) is 0.450. The van der Waals surface area contributed by atoms with E-state index < -0.39 is 0 Å². The SMILES string of the molecule is CCCNC(=O)CSc1nc2c(c(=O)n1-c1cc(C)cc(C)c1)SC(C)C2. The molecule has 1 atom stereocenters. The molecule has 7 heteroatoms. The van der Waals surface area contributed by atoms with Gasteiger partial charge in [0.2, 0.25) is 5.91 Å². The predicted molar refractivity (Wildman–Crippen MR) is 112 cm³/mol. The van der Waals surface area contributed by atoms with E-state index in [-0.39, 0.29) is 17.2 Å². The molecule has 0 spiro atoms. The number of nitrogens with zero attached hydrogens (tertiary/aromatic N) is 2. The van der Waals surface area contributed by atoms with E-state index in [0.717, 1.165) is 40.2 Å². The first-order valence-corrected chi connectivity index (χ1v) is 11.1. The molecule has 0 saturated heterocycles. The predicted octanol–water partition coefficient (Wildman–Crippen LogP) is 3.50. The highest BCUT2D eigenvalue weighted by atomic mass is 32.2. The molecule has 0 radical (unpaired) electrons. The van der Waals surface area contributed by atoms with Crippen molar-refractivity contribution in [3.05, 3.63) is 45.4 Å². The Morgan fingerprint density at radius 2 is 2.04 bits per heavy atom. The Kier molecular flexibility index (Phi) is 6.32. The maximum Gasteiger partial charge on any atom is 0.272 e. The van der Waals surface area contributed by atoms with Crippen LogP contribution in [0.5, 0.6) is 0 Å². The third kappa shape index (κ3) is 4.58. The normalized spacial score (nSPS) is 15.6. The second-order valence-corrected chi connectivity index (χ2v) is 9.32. The molecule has 2 heterocycles. The van der Waals surface area contributed by atoms with Gasteiger partial charge < -0.3 is 5.32 Å². The molecule has 1 aliphatic rings. The van der Waals surface area contributed by atoms with Crippen LogP contribution in [-0.2, 0) is 11.2 Å². The van der Waals surface area contributed by atoms with Crippen LogP contribution in [0.25, 0.3) is 5.69 Å². The summed E-state index contributed by atoms with van der Waals surface area (Å²) in [5, 5.41) is 3.81. The van der Waals surface area contributed by atoms with E-state index in [1.54, 1.807) is 16.3 Å². The number of hydrogen-bond acceptors (Lipinski definition) is 5. The summed E-state index contributed by atoms with van der Waals surface area (Å²) < 4.78 is 1.67. The molecule has 1 unspecified atom stereocenters. The van der Waals surface area contributed by atoms with E-state index in [4.69, 9.17) is 4.98 Å². The standard InChI is InChI=1S/C20H25N3O2S2/c1-5-6-21-17(24)11-26-20-22-16-10-14(4)27-18(16)19(25)23(20)15-8-12(2)7-13(3)9-15/h7-9,14H,5-6,10-11H2,1-4H3,(H,21,24). The largest absolute Gasteiger partial charge is 0.355 e. The maximum atomic E-state index is 13.3. The fourth-order valence-electron chi connectivity index (χ4n) is 3.15. The molecule has 0 bridgehead atoms. The van der Waals surface area contributed by atoms with Crippen molar-refractivity contribution in [2.75, 3.05) is 12.3 Å². The van der Waals surface area contributed by atoms with Gasteiger partial charge in [-0.1, -0.05) is 31.7 Å². The van der Waals surface area contributed by atoms with E-state index in [2.05, 4.69) is 18.3 Å². The zero-order chi connectivity index (χ0) is 19.6. The van der Waals surface area contributed by atoms with Crippen LogP contribution in [0.3, 0.4) is 0 Å². The third-order valence-electron chi connectivity index (χ3n) is 4.25. The van der Waals surface area contributed by atoms with E-state index in [9.17, 15) is 9.59 Å². The van der Waals surface area contributed by atoms with Crippen molar-refractivity contribution in [1.82, 2.24) is 14.9 Å². The molecule has 3 rings (SSSR count). The zero-order valence-electron chi connectivity index (χ0n) is 16.2. The summed E-state index contributed by atoms with van der Waals surface area (Å²) in [6.07, 6.45) is 1.69. The Morgan fingerprint density at radius 1 is 1.33 bits per heavy atom. The van der Waals surface area contributed by atoms with Crippen molar-refractivity contribution < 1.29 is 4.79 Å². The number of carbonyl (C=O) groups is 1. The molecule has 0 aliphatic carbocycles. The molecule has 1 aromatic carbocycles. The van der Waals surface area contributed by atoms with Crippen molar-refractivity contribution in [1.29, 1.82) is 0 Å². The lowest BCUT2D eigenvalue weighted by atomic mass is 10.1. The minimum atomic E-state index is -0.0358. The molecule has 144 valence electrons. The molecular formula is C20H25N3O2S2. The number of amides is 1. The summed E-state index contributed by atoms with van der Waals surface area (Å²) in [5.41, 5.74) is 3.82. The second-order valence-electron chi connectivity index (χ2n) is 6.93. The van der Waals surface area contributed by atoms with Crippen LogP contribution < -0.4 is 10.9 Å². The number of aryl methyl sites for hydroxylation is 2. The van der Waals surface area contributed by atoms with Crippen molar-refractivity contribution in [3.8, 4) is 5.69 Å². The lowest BCUT2D eigenvalue weighted by Gasteiger charge is -2.15. The van der Waals surface area contributed by atoms with Crippen LogP contribution in [-0.4, -0.2) is 33.0 Å². The smallest absolute Gasteiger partial charge is 0.272 e. The Labute approximate surface area is 168 Å². The Hall–Kier alpha value is -1.73. The van der Waals surface area contributed by atoms with Gasteiger partial charge in [0.25, 0.3) is 5.56 Å². The molecule has 1 N–H and O–H groups in total. The third-order valence-corrected chi connectivity index (χ3v) is 6.40. The van der Waals surface area contributed by atoms with Crippen molar-refractivity contribution in [3.63, 3.8) is 0 Å². The molecule has 0 saturated carbocycles. The monoisotopic (exact) mass is 403 g/mol. The summed E-state index contributed by atoms with van der Waals surface area (Å²) in [7, 11) is 0. The van der Waals surface area contributed by atoms with Gasteiger partial charge in [0.1, 0.15) is 0 Å². The van der Waals surface area contributed by atoms with Gasteiger partial charge in [0.15, 0.2) is 5.16 Å². The van der Waals surface area contributed by atoms with Crippen LogP contribution in [0.1, 0.15) is 37.1 Å². The highest BCUT2D eigenvalue weighted by molar-refractivity contribution is 8.00. The Morgan fingerprint density at radius 3 is 2.70 bits per heavy atom. The highest BCUT2D eigenvalue weighted by Crippen LogP contribution is 2.35. The van der Waals surface area contributed by atoms with Gasteiger partial charge in [-0.05, 0) is 43.5 Å². The van der Waals surface area contributed by atoms with Gasteiger partial charge in [-0.25, -0.2) is 4.98 Å². The Balaban J connectivity index is 2.03. The molecule has 1 aliphatic heterocycles. The van der Waals surface area contributed by atoms with E-state index in [1.165, 1.54) is 11.8 Å². The van der Waals surface area contributed by atoms with Gasteiger partial charge in [0.05, 0.1) is 22.0 Å². The fourth-order valence-corrected chi connectivity index (χ4v) is 5.10. The number of fused-ring (bicyclic) bond motifs is 1. The van der Waals surface area contributed by atoms with Gasteiger partial charge in [-0.2, -0.15) is 0 Å². The zero-order valence-corrected chi connectivity index (χ0v) is 17.8. The van der Waals surface area contributed by atoms with Crippen molar-refractivity contribution in [2.24, 2.45) is 0 Å². The van der Waals surface area contributed by atoms with Crippen molar-refractivity contribution in [2.45, 2.75) is 55.8 Å². The number of aromatic nitrogens is 2. The van der Waals surface area contributed by atoms with Gasteiger partial charge in [-0.3, -0.25) is 14.2 Å². The van der Waals surface area contributed by atoms with Gasteiger partial charge in [0, 0.05) is 18.2 Å². The minimum absolute atomic E-state index is 0.0317. The van der Waals surface area contributed by atoms with E-state index in [1.807, 2.05) is 32.9 Å². The summed E-state index contributed by atoms with van der Waals surface area (Å²) in [6, 6.07) is 6.07. The number of carbonyl (C=O) groups excluding carboxylic acids is 1.